The van der Waals surface area contributed by atoms with Crippen LogP contribution in [0.4, 0.5) is 0 Å². The molecule has 0 bridgehead atoms. The third-order valence-corrected chi connectivity index (χ3v) is 9.40. The summed E-state index contributed by atoms with van der Waals surface area (Å²) in [6.45, 7) is 3.35. The van der Waals surface area contributed by atoms with E-state index >= 15 is 0 Å². The highest BCUT2D eigenvalue weighted by atomic mass is 32.2. The van der Waals surface area contributed by atoms with E-state index in [0.717, 1.165) is 0 Å². The van der Waals surface area contributed by atoms with Crippen LogP contribution in [0.5, 0.6) is 11.5 Å². The Morgan fingerprint density at radius 3 is 2.19 bits per heavy atom. The number of aromatic nitrogens is 1. The Kier molecular flexibility index (Phi) is 8.41. The summed E-state index contributed by atoms with van der Waals surface area (Å²) in [7, 11) is -5.13. The van der Waals surface area contributed by atoms with Gasteiger partial charge in [0.1, 0.15) is 15.5 Å². The van der Waals surface area contributed by atoms with E-state index in [1.807, 2.05) is 0 Å². The van der Waals surface area contributed by atoms with Crippen LogP contribution in [0, 0.1) is 0 Å². The zero-order chi connectivity index (χ0) is 26.5. The van der Waals surface area contributed by atoms with Crippen molar-refractivity contribution in [3.05, 3.63) is 53.9 Å². The molecule has 1 N–H and O–H groups in total. The molecule has 0 saturated carbocycles. The molecule has 0 spiro atoms. The van der Waals surface area contributed by atoms with E-state index in [2.05, 4.69) is 10.5 Å². The Morgan fingerprint density at radius 2 is 1.58 bits per heavy atom. The number of hydrogen-bond donors (Lipinski definition) is 1. The van der Waals surface area contributed by atoms with Crippen molar-refractivity contribution in [1.29, 1.82) is 0 Å². The first-order valence-corrected chi connectivity index (χ1v) is 14.6. The van der Waals surface area contributed by atoms with Crippen molar-refractivity contribution in [3.8, 4) is 11.5 Å². The zero-order valence-corrected chi connectivity index (χ0v) is 22.1. The summed E-state index contributed by atoms with van der Waals surface area (Å²) in [4.78, 5) is 12.4. The molecule has 12 heteroatoms. The number of methoxy groups -OCH3 is 2. The van der Waals surface area contributed by atoms with Crippen LogP contribution in [-0.4, -0.2) is 59.1 Å². The summed E-state index contributed by atoms with van der Waals surface area (Å²) in [6, 6.07) is 9.67. The number of hydrogen-bond acceptors (Lipinski definition) is 8. The molecule has 0 saturated heterocycles. The maximum absolute atomic E-state index is 13.3. The van der Waals surface area contributed by atoms with Crippen molar-refractivity contribution < 1.29 is 31.1 Å². The first kappa shape index (κ1) is 27.2. The molecule has 0 fully saturated rings. The van der Waals surface area contributed by atoms with Crippen molar-refractivity contribution in [3.63, 3.8) is 0 Å². The number of amides is 1. The monoisotopic (exact) mass is 535 g/mol. The summed E-state index contributed by atoms with van der Waals surface area (Å²) in [5.41, 5.74) is 2.73. The summed E-state index contributed by atoms with van der Waals surface area (Å²) < 4.78 is 64.7. The summed E-state index contributed by atoms with van der Waals surface area (Å²) in [6.07, 6.45) is 3.35. The van der Waals surface area contributed by atoms with E-state index in [9.17, 15) is 21.6 Å². The molecule has 10 nitrogen and oxygen atoms in total. The molecule has 2 aromatic heterocycles. The standard InChI is InChI=1S/C24H29N3O7S2/c1-5-13-35(29,30)22-18-9-7-8-12-27(18)21(23(22)36(31,32)14-6-2)24(28)26-25-16-17-10-11-19(33-3)20(15-17)34-4/h7-12,15-16H,5-6,13-14H2,1-4H3,(H,26,28)/b25-16-. The number of rotatable bonds is 11. The molecule has 0 radical (unpaired) electrons. The van der Waals surface area contributed by atoms with E-state index in [-0.39, 0.29) is 40.5 Å². The second kappa shape index (κ2) is 11.1. The zero-order valence-electron chi connectivity index (χ0n) is 20.5. The fraction of sp³-hybridized carbons (Fsp3) is 0.333. The fourth-order valence-corrected chi connectivity index (χ4v) is 7.83. The van der Waals surface area contributed by atoms with Crippen molar-refractivity contribution in [2.24, 2.45) is 5.10 Å². The van der Waals surface area contributed by atoms with Gasteiger partial charge in [0.15, 0.2) is 31.2 Å². The molecule has 194 valence electrons. The van der Waals surface area contributed by atoms with Gasteiger partial charge in [-0.05, 0) is 48.7 Å². The molecule has 0 aliphatic carbocycles. The normalized spacial score (nSPS) is 12.2. The van der Waals surface area contributed by atoms with Gasteiger partial charge in [0.2, 0.25) is 0 Å². The first-order valence-electron chi connectivity index (χ1n) is 11.2. The van der Waals surface area contributed by atoms with Crippen molar-refractivity contribution >= 4 is 37.3 Å². The van der Waals surface area contributed by atoms with Crippen LogP contribution < -0.4 is 14.9 Å². The maximum Gasteiger partial charge on any atom is 0.289 e. The van der Waals surface area contributed by atoms with Crippen LogP contribution in [-0.2, 0) is 19.7 Å². The third kappa shape index (κ3) is 5.39. The minimum absolute atomic E-state index is 0.120. The molecule has 3 rings (SSSR count). The fourth-order valence-electron chi connectivity index (χ4n) is 3.85. The number of fused-ring (bicyclic) bond motifs is 1. The van der Waals surface area contributed by atoms with Gasteiger partial charge in [0, 0.05) is 6.20 Å². The van der Waals surface area contributed by atoms with Crippen LogP contribution in [0.25, 0.3) is 5.52 Å². The number of pyridine rings is 1. The number of carbonyl (C=O) groups excluding carboxylic acids is 1. The predicted molar refractivity (Wildman–Crippen MR) is 137 cm³/mol. The Labute approximate surface area is 210 Å². The first-order chi connectivity index (χ1) is 17.1. The smallest absolute Gasteiger partial charge is 0.289 e. The number of nitrogens with one attached hydrogen (secondary N) is 1. The molecule has 1 aromatic carbocycles. The molecule has 36 heavy (non-hydrogen) atoms. The van der Waals surface area contributed by atoms with Gasteiger partial charge in [-0.2, -0.15) is 5.10 Å². The second-order valence-corrected chi connectivity index (χ2v) is 12.0. The van der Waals surface area contributed by atoms with Crippen LogP contribution in [0.2, 0.25) is 0 Å². The second-order valence-electron chi connectivity index (χ2n) is 7.91. The van der Waals surface area contributed by atoms with E-state index in [1.165, 1.54) is 37.1 Å². The van der Waals surface area contributed by atoms with E-state index in [0.29, 0.717) is 17.1 Å². The number of hydrazone groups is 1. The lowest BCUT2D eigenvalue weighted by Gasteiger charge is -2.09. The van der Waals surface area contributed by atoms with Crippen LogP contribution in [0.15, 0.2) is 57.5 Å². The maximum atomic E-state index is 13.3. The Hall–Kier alpha value is -3.38. The third-order valence-electron chi connectivity index (χ3n) is 5.32. The highest BCUT2D eigenvalue weighted by molar-refractivity contribution is 7.94. The number of benzene rings is 1. The van der Waals surface area contributed by atoms with Crippen LogP contribution in [0.1, 0.15) is 42.7 Å². The molecule has 0 aliphatic rings. The molecule has 3 aromatic rings. The Bertz CT molecular complexity index is 1510. The number of sulfone groups is 2. The van der Waals surface area contributed by atoms with Gasteiger partial charge < -0.3 is 13.9 Å². The minimum Gasteiger partial charge on any atom is -0.493 e. The lowest BCUT2D eigenvalue weighted by atomic mass is 10.2. The molecule has 1 amide bonds. The van der Waals surface area contributed by atoms with Crippen molar-refractivity contribution in [2.75, 3.05) is 25.7 Å². The number of ether oxygens (including phenoxy) is 2. The van der Waals surface area contributed by atoms with Gasteiger partial charge in [-0.1, -0.05) is 19.9 Å². The minimum atomic E-state index is -4.12. The molecular formula is C24H29N3O7S2. The molecule has 0 atom stereocenters. The molecular weight excluding hydrogens is 506 g/mol. The van der Waals surface area contributed by atoms with E-state index < -0.39 is 30.5 Å². The Morgan fingerprint density at radius 1 is 0.944 bits per heavy atom. The van der Waals surface area contributed by atoms with Crippen LogP contribution in [0.3, 0.4) is 0 Å². The van der Waals surface area contributed by atoms with Crippen molar-refractivity contribution in [2.45, 2.75) is 36.5 Å². The molecule has 2 heterocycles. The van der Waals surface area contributed by atoms with Gasteiger partial charge >= 0.3 is 0 Å². The lowest BCUT2D eigenvalue weighted by molar-refractivity contribution is 0.0945. The molecule has 0 unspecified atom stereocenters. The quantitative estimate of drug-likeness (QED) is 0.295. The van der Waals surface area contributed by atoms with Gasteiger partial charge in [0.05, 0.1) is 37.5 Å². The summed E-state index contributed by atoms with van der Waals surface area (Å²) in [5, 5.41) is 3.95. The number of carbonyl (C=O) groups is 1. The average molecular weight is 536 g/mol. The summed E-state index contributed by atoms with van der Waals surface area (Å²) in [5.74, 6) is -0.447. The number of nitrogens with zero attached hydrogens (tertiary/aromatic N) is 2. The molecule has 0 aliphatic heterocycles. The Balaban J connectivity index is 2.14. The highest BCUT2D eigenvalue weighted by Gasteiger charge is 2.36. The topological polar surface area (TPSA) is 133 Å². The van der Waals surface area contributed by atoms with Crippen LogP contribution >= 0.6 is 0 Å². The highest BCUT2D eigenvalue weighted by Crippen LogP contribution is 2.34. The predicted octanol–water partition coefficient (Wildman–Crippen LogP) is 3.09. The van der Waals surface area contributed by atoms with E-state index in [4.69, 9.17) is 9.47 Å². The van der Waals surface area contributed by atoms with Gasteiger partial charge in [-0.3, -0.25) is 4.79 Å². The average Bonchev–Trinajstić information content (AvgIpc) is 3.21. The van der Waals surface area contributed by atoms with Crippen molar-refractivity contribution in [1.82, 2.24) is 9.83 Å². The largest absolute Gasteiger partial charge is 0.493 e. The van der Waals surface area contributed by atoms with Gasteiger partial charge in [0.25, 0.3) is 5.91 Å². The lowest BCUT2D eigenvalue weighted by Crippen LogP contribution is -2.23. The summed E-state index contributed by atoms with van der Waals surface area (Å²) >= 11 is 0. The van der Waals surface area contributed by atoms with E-state index in [1.54, 1.807) is 44.2 Å². The van der Waals surface area contributed by atoms with Gasteiger partial charge in [-0.15, -0.1) is 0 Å². The van der Waals surface area contributed by atoms with Gasteiger partial charge in [-0.25, -0.2) is 22.3 Å². The SMILES string of the molecule is CCCS(=O)(=O)c1c(S(=O)(=O)CCC)c2ccccn2c1C(=O)N/N=C\c1ccc(OC)c(OC)c1.